The van der Waals surface area contributed by atoms with Gasteiger partial charge in [-0.1, -0.05) is 0 Å². The van der Waals surface area contributed by atoms with Gasteiger partial charge in [0.2, 0.25) is 0 Å². The Bertz CT molecular complexity index is 1740. The predicted octanol–water partition coefficient (Wildman–Crippen LogP) is 3.17. The van der Waals surface area contributed by atoms with Crippen LogP contribution in [-0.2, 0) is 0 Å². The predicted molar refractivity (Wildman–Crippen MR) is 139 cm³/mol. The maximum atomic E-state index is 12.1. The smallest absolute Gasteiger partial charge is 0.395 e. The van der Waals surface area contributed by atoms with Gasteiger partial charge in [0.1, 0.15) is 18.9 Å². The van der Waals surface area contributed by atoms with Crippen LogP contribution in [0.25, 0.3) is 33.4 Å². The summed E-state index contributed by atoms with van der Waals surface area (Å²) in [4.78, 5) is 37.9. The number of nitrogens with two attached hydrogens (primary N) is 2. The molecule has 0 spiro atoms. The number of anilines is 2. The van der Waals surface area contributed by atoms with Crippen LogP contribution in [0.5, 0.6) is 0 Å². The van der Waals surface area contributed by atoms with E-state index in [4.69, 9.17) is 11.5 Å². The van der Waals surface area contributed by atoms with E-state index in [1.807, 2.05) is 0 Å². The third-order valence-electron chi connectivity index (χ3n) is 5.43. The van der Waals surface area contributed by atoms with Gasteiger partial charge in [-0.15, -0.1) is 0 Å². The number of imidazole rings is 1. The minimum atomic E-state index is -4.49. The van der Waals surface area contributed by atoms with E-state index in [9.17, 15) is 35.9 Å². The molecule has 0 unspecified atom stereocenters. The van der Waals surface area contributed by atoms with E-state index < -0.39 is 37.5 Å². The highest BCUT2D eigenvalue weighted by Gasteiger charge is 2.29. The molecule has 0 atom stereocenters. The summed E-state index contributed by atoms with van der Waals surface area (Å²) in [7, 11) is 0. The second-order valence-corrected chi connectivity index (χ2v) is 8.51. The molecular formula is C23H20F6N12O2. The standard InChI is InChI=1S/C12H9F3N6O.C11H11F3N6O/c13-12(14,15)5-17-11(22)21-4-7(3-20-21)8-1-2-16-10-9(8)18-6-19-10;12-11(13,14)5-18-10(21)20-4-6(3-19-20)7-1-2-17-9(16)8(7)15/h1-4,6H,5H2,(H,17,22)(H,16,18,19);1-4H,5,15H2,(H2,16,17)(H,18,21). The molecule has 0 aliphatic carbocycles. The van der Waals surface area contributed by atoms with Gasteiger partial charge in [-0.3, -0.25) is 0 Å². The molecule has 2 amide bonds. The lowest BCUT2D eigenvalue weighted by Crippen LogP contribution is -2.36. The van der Waals surface area contributed by atoms with Gasteiger partial charge in [-0.25, -0.2) is 24.5 Å². The summed E-state index contributed by atoms with van der Waals surface area (Å²) >= 11 is 0. The second kappa shape index (κ2) is 12.0. The number of hydrogen-bond acceptors (Lipinski definition) is 9. The van der Waals surface area contributed by atoms with Crippen molar-refractivity contribution in [2.75, 3.05) is 24.6 Å². The number of carbonyl (C=O) groups excluding carboxylic acids is 2. The number of halogens is 6. The van der Waals surface area contributed by atoms with Crippen LogP contribution in [0.1, 0.15) is 0 Å². The number of nitrogens with zero attached hydrogens (tertiary/aromatic N) is 7. The largest absolute Gasteiger partial charge is 0.405 e. The summed E-state index contributed by atoms with van der Waals surface area (Å²) < 4.78 is 73.8. The van der Waals surface area contributed by atoms with Crippen molar-refractivity contribution in [1.82, 2.24) is 50.1 Å². The first-order chi connectivity index (χ1) is 20.2. The lowest BCUT2D eigenvalue weighted by atomic mass is 10.1. The first-order valence-corrected chi connectivity index (χ1v) is 11.8. The van der Waals surface area contributed by atoms with Gasteiger partial charge in [0, 0.05) is 47.0 Å². The fourth-order valence-electron chi connectivity index (χ4n) is 3.49. The molecule has 5 aromatic heterocycles. The number of pyridine rings is 2. The Balaban J connectivity index is 0.000000197. The van der Waals surface area contributed by atoms with Crippen LogP contribution in [0.15, 0.2) is 55.6 Å². The third-order valence-corrected chi connectivity index (χ3v) is 5.43. The van der Waals surface area contributed by atoms with Crippen molar-refractivity contribution in [3.05, 3.63) is 55.6 Å². The van der Waals surface area contributed by atoms with Gasteiger partial charge < -0.3 is 27.1 Å². The van der Waals surface area contributed by atoms with Gasteiger partial charge in [0.25, 0.3) is 0 Å². The zero-order valence-electron chi connectivity index (χ0n) is 21.5. The summed E-state index contributed by atoms with van der Waals surface area (Å²) in [5.74, 6) is 0.113. The summed E-state index contributed by atoms with van der Waals surface area (Å²) in [6.07, 6.45) is 0.719. The topological polar surface area (TPSA) is 200 Å². The van der Waals surface area contributed by atoms with Crippen molar-refractivity contribution >= 4 is 34.7 Å². The minimum absolute atomic E-state index is 0.113. The average molecular weight is 610 g/mol. The van der Waals surface area contributed by atoms with Crippen molar-refractivity contribution < 1.29 is 35.9 Å². The monoisotopic (exact) mass is 610 g/mol. The van der Waals surface area contributed by atoms with E-state index >= 15 is 0 Å². The number of fused-ring (bicyclic) bond motifs is 1. The number of hydrogen-bond donors (Lipinski definition) is 5. The highest BCUT2D eigenvalue weighted by atomic mass is 19.4. The van der Waals surface area contributed by atoms with Crippen LogP contribution >= 0.6 is 0 Å². The van der Waals surface area contributed by atoms with Gasteiger partial charge >= 0.3 is 24.4 Å². The average Bonchev–Trinajstić information content (AvgIpc) is 3.72. The van der Waals surface area contributed by atoms with Crippen molar-refractivity contribution in [3.63, 3.8) is 0 Å². The molecule has 0 aliphatic rings. The molecule has 0 radical (unpaired) electrons. The van der Waals surface area contributed by atoms with Crippen LogP contribution in [0.4, 0.5) is 47.4 Å². The van der Waals surface area contributed by atoms with Crippen molar-refractivity contribution in [2.24, 2.45) is 0 Å². The van der Waals surface area contributed by atoms with Crippen LogP contribution < -0.4 is 22.1 Å². The fraction of sp³-hybridized carbons (Fsp3) is 0.174. The number of alkyl halides is 6. The van der Waals surface area contributed by atoms with E-state index in [1.54, 1.807) is 29.0 Å². The molecule has 5 rings (SSSR count). The lowest BCUT2D eigenvalue weighted by molar-refractivity contribution is -0.123. The molecular weight excluding hydrogens is 590 g/mol. The number of rotatable bonds is 4. The Labute approximate surface area is 236 Å². The van der Waals surface area contributed by atoms with E-state index in [2.05, 4.69) is 30.1 Å². The quantitative estimate of drug-likeness (QED) is 0.190. The molecule has 5 aromatic rings. The normalized spacial score (nSPS) is 11.6. The number of nitrogens with one attached hydrogen (secondary N) is 3. The number of amides is 2. The van der Waals surface area contributed by atoms with Gasteiger partial charge in [-0.05, 0) is 12.1 Å². The molecule has 0 saturated heterocycles. The zero-order chi connectivity index (χ0) is 31.4. The van der Waals surface area contributed by atoms with Gasteiger partial charge in [0.05, 0.1) is 29.9 Å². The molecule has 20 heteroatoms. The van der Waals surface area contributed by atoms with Crippen LogP contribution in [0.3, 0.4) is 0 Å². The van der Waals surface area contributed by atoms with Crippen molar-refractivity contribution in [1.29, 1.82) is 0 Å². The molecule has 5 heterocycles. The van der Waals surface area contributed by atoms with E-state index in [0.29, 0.717) is 33.4 Å². The maximum absolute atomic E-state index is 12.1. The van der Waals surface area contributed by atoms with E-state index in [1.165, 1.54) is 37.3 Å². The summed E-state index contributed by atoms with van der Waals surface area (Å²) in [5, 5.41) is 10.9. The first-order valence-electron chi connectivity index (χ1n) is 11.8. The molecule has 0 saturated carbocycles. The van der Waals surface area contributed by atoms with Crippen LogP contribution in [0.2, 0.25) is 0 Å². The molecule has 0 aliphatic heterocycles. The lowest BCUT2D eigenvalue weighted by Gasteiger charge is -2.07. The molecule has 226 valence electrons. The van der Waals surface area contributed by atoms with Gasteiger partial charge in [0.15, 0.2) is 5.65 Å². The van der Waals surface area contributed by atoms with E-state index in [0.717, 1.165) is 9.36 Å². The zero-order valence-corrected chi connectivity index (χ0v) is 21.5. The molecule has 0 aromatic carbocycles. The number of H-pyrrole nitrogens is 1. The van der Waals surface area contributed by atoms with Crippen molar-refractivity contribution in [2.45, 2.75) is 12.4 Å². The highest BCUT2D eigenvalue weighted by molar-refractivity contribution is 5.89. The Morgan fingerprint density at radius 3 is 1.86 bits per heavy atom. The number of carbonyl (C=O) groups is 2. The number of aromatic amines is 1. The Morgan fingerprint density at radius 2 is 1.30 bits per heavy atom. The summed E-state index contributed by atoms with van der Waals surface area (Å²) in [6.45, 7) is -2.85. The number of aromatic nitrogens is 8. The van der Waals surface area contributed by atoms with E-state index in [-0.39, 0.29) is 11.5 Å². The minimum Gasteiger partial charge on any atom is -0.395 e. The van der Waals surface area contributed by atoms with Crippen molar-refractivity contribution in [3.8, 4) is 22.3 Å². The van der Waals surface area contributed by atoms with Crippen LogP contribution in [0, 0.1) is 0 Å². The Morgan fingerprint density at radius 1 is 0.791 bits per heavy atom. The van der Waals surface area contributed by atoms with Crippen LogP contribution in [-0.4, -0.2) is 77.0 Å². The summed E-state index contributed by atoms with van der Waals surface area (Å²) in [6, 6.07) is 1.29. The second-order valence-electron chi connectivity index (χ2n) is 8.51. The van der Waals surface area contributed by atoms with Gasteiger partial charge in [-0.2, -0.15) is 45.9 Å². The number of nitrogen functional groups attached to an aromatic ring is 2. The maximum Gasteiger partial charge on any atom is 0.405 e. The fourth-order valence-corrected chi connectivity index (χ4v) is 3.49. The summed E-state index contributed by atoms with van der Waals surface area (Å²) in [5.41, 5.74) is 14.8. The SMILES string of the molecule is Nc1nccc(-c2cnn(C(=O)NCC(F)(F)F)c2)c1N.O=C(NCC(F)(F)F)n1cc(-c2ccnc3nc[nH]c23)cn1. The highest BCUT2D eigenvalue weighted by Crippen LogP contribution is 2.28. The Kier molecular flexibility index (Phi) is 8.48. The molecule has 43 heavy (non-hydrogen) atoms. The third kappa shape index (κ3) is 7.74. The molecule has 0 bridgehead atoms. The molecule has 7 N–H and O–H groups in total. The molecule has 0 fully saturated rings. The Hall–Kier alpha value is -5.69. The first kappa shape index (κ1) is 30.3. The molecule has 14 nitrogen and oxygen atoms in total.